The van der Waals surface area contributed by atoms with Crippen molar-refractivity contribution in [3.63, 3.8) is 0 Å². The molecule has 0 saturated heterocycles. The Morgan fingerprint density at radius 1 is 1.33 bits per heavy atom. The minimum Gasteiger partial charge on any atom is -0.334 e. The third kappa shape index (κ3) is 3.40. The zero-order chi connectivity index (χ0) is 19.0. The van der Waals surface area contributed by atoms with E-state index in [4.69, 9.17) is 5.84 Å². The number of ketones is 1. The van der Waals surface area contributed by atoms with Gasteiger partial charge in [-0.3, -0.25) is 14.5 Å². The number of thiophene rings is 1. The van der Waals surface area contributed by atoms with Crippen LogP contribution in [0.25, 0.3) is 10.2 Å². The lowest BCUT2D eigenvalue weighted by Crippen LogP contribution is -2.32. The van der Waals surface area contributed by atoms with Crippen molar-refractivity contribution in [3.05, 3.63) is 56.7 Å². The fraction of sp³-hybridized carbons (Fsp3) is 0.316. The number of fused-ring (bicyclic) bond motifs is 3. The summed E-state index contributed by atoms with van der Waals surface area (Å²) in [5.41, 5.74) is 1.51. The Morgan fingerprint density at radius 2 is 2.11 bits per heavy atom. The van der Waals surface area contributed by atoms with Crippen molar-refractivity contribution >= 4 is 39.1 Å². The summed E-state index contributed by atoms with van der Waals surface area (Å²) in [5.74, 6) is 6.20. The molecule has 6 nitrogen and oxygen atoms in total. The van der Waals surface area contributed by atoms with Crippen LogP contribution >= 0.6 is 23.1 Å². The Kier molecular flexibility index (Phi) is 5.03. The predicted molar refractivity (Wildman–Crippen MR) is 110 cm³/mol. The van der Waals surface area contributed by atoms with Crippen molar-refractivity contribution < 1.29 is 4.79 Å². The standard InChI is InChI=1S/C19H20N4O2S2/c1-2-22-9-8-13-15(10-22)27-17-16(13)18(25)23(20)19(21-17)26-11-14(24)12-6-4-3-5-7-12/h3-7H,2,8-11,20H2,1H3. The maximum absolute atomic E-state index is 12.8. The smallest absolute Gasteiger partial charge is 0.281 e. The number of hydrogen-bond acceptors (Lipinski definition) is 7. The molecule has 0 atom stereocenters. The van der Waals surface area contributed by atoms with Crippen LogP contribution in [0, 0.1) is 0 Å². The van der Waals surface area contributed by atoms with E-state index in [0.717, 1.165) is 41.1 Å². The lowest BCUT2D eigenvalue weighted by atomic mass is 10.1. The van der Waals surface area contributed by atoms with Crippen LogP contribution in [0.2, 0.25) is 0 Å². The highest BCUT2D eigenvalue weighted by Crippen LogP contribution is 2.33. The first-order valence-electron chi connectivity index (χ1n) is 8.84. The number of nitrogen functional groups attached to an aromatic ring is 1. The molecule has 1 aliphatic heterocycles. The van der Waals surface area contributed by atoms with Crippen LogP contribution in [-0.2, 0) is 13.0 Å². The molecule has 27 heavy (non-hydrogen) atoms. The minimum atomic E-state index is -0.225. The molecule has 2 N–H and O–H groups in total. The lowest BCUT2D eigenvalue weighted by Gasteiger charge is -2.24. The Hall–Kier alpha value is -2.16. The van der Waals surface area contributed by atoms with Crippen molar-refractivity contribution in [1.29, 1.82) is 0 Å². The molecule has 0 radical (unpaired) electrons. The van der Waals surface area contributed by atoms with Gasteiger partial charge in [0, 0.05) is 23.5 Å². The molecule has 0 spiro atoms. The molecule has 8 heteroatoms. The molecule has 140 valence electrons. The zero-order valence-electron chi connectivity index (χ0n) is 15.0. The van der Waals surface area contributed by atoms with E-state index < -0.39 is 0 Å². The van der Waals surface area contributed by atoms with Gasteiger partial charge in [0.1, 0.15) is 4.83 Å². The largest absolute Gasteiger partial charge is 0.334 e. The van der Waals surface area contributed by atoms with Crippen molar-refractivity contribution in [2.24, 2.45) is 0 Å². The summed E-state index contributed by atoms with van der Waals surface area (Å²) in [7, 11) is 0. The summed E-state index contributed by atoms with van der Waals surface area (Å²) in [5, 5.41) is 1.02. The van der Waals surface area contributed by atoms with E-state index in [0.29, 0.717) is 16.1 Å². The summed E-state index contributed by atoms with van der Waals surface area (Å²) in [6, 6.07) is 9.09. The van der Waals surface area contributed by atoms with Crippen LogP contribution < -0.4 is 11.4 Å². The molecule has 0 bridgehead atoms. The number of aromatic nitrogens is 2. The Balaban J connectivity index is 1.64. The molecule has 0 amide bonds. The van der Waals surface area contributed by atoms with Crippen LogP contribution in [0.15, 0.2) is 40.3 Å². The Labute approximate surface area is 165 Å². The van der Waals surface area contributed by atoms with Crippen LogP contribution in [0.5, 0.6) is 0 Å². The number of hydrogen-bond donors (Lipinski definition) is 1. The number of likely N-dealkylation sites (N-methyl/N-ethyl adjacent to an activating group) is 1. The number of nitrogens with zero attached hydrogens (tertiary/aromatic N) is 3. The highest BCUT2D eigenvalue weighted by atomic mass is 32.2. The molecule has 0 aliphatic carbocycles. The molecule has 0 unspecified atom stereocenters. The molecule has 4 rings (SSSR count). The third-order valence-corrected chi connectivity index (χ3v) is 6.89. The monoisotopic (exact) mass is 400 g/mol. The molecule has 2 aromatic heterocycles. The first-order chi connectivity index (χ1) is 13.1. The van der Waals surface area contributed by atoms with E-state index in [-0.39, 0.29) is 17.1 Å². The average Bonchev–Trinajstić information content (AvgIpc) is 3.07. The SMILES string of the molecule is CCN1CCc2c(sc3nc(SCC(=O)c4ccccc4)n(N)c(=O)c23)C1. The quantitative estimate of drug-likeness (QED) is 0.307. The van der Waals surface area contributed by atoms with E-state index >= 15 is 0 Å². The second-order valence-corrected chi connectivity index (χ2v) is 8.48. The van der Waals surface area contributed by atoms with Gasteiger partial charge in [0.25, 0.3) is 5.56 Å². The van der Waals surface area contributed by atoms with Gasteiger partial charge in [0.05, 0.1) is 11.1 Å². The van der Waals surface area contributed by atoms with Gasteiger partial charge in [-0.1, -0.05) is 49.0 Å². The number of nitrogens with two attached hydrogens (primary N) is 1. The third-order valence-electron chi connectivity index (χ3n) is 4.83. The van der Waals surface area contributed by atoms with E-state index in [1.807, 2.05) is 18.2 Å². The number of carbonyl (C=O) groups is 1. The lowest BCUT2D eigenvalue weighted by molar-refractivity contribution is 0.102. The van der Waals surface area contributed by atoms with Crippen molar-refractivity contribution in [2.75, 3.05) is 24.7 Å². The first kappa shape index (κ1) is 18.2. The second-order valence-electron chi connectivity index (χ2n) is 6.45. The van der Waals surface area contributed by atoms with Gasteiger partial charge in [-0.05, 0) is 18.5 Å². The van der Waals surface area contributed by atoms with Crippen molar-refractivity contribution in [1.82, 2.24) is 14.6 Å². The highest BCUT2D eigenvalue weighted by Gasteiger charge is 2.24. The topological polar surface area (TPSA) is 81.2 Å². The van der Waals surface area contributed by atoms with Gasteiger partial charge < -0.3 is 5.84 Å². The van der Waals surface area contributed by atoms with Crippen molar-refractivity contribution in [2.45, 2.75) is 25.0 Å². The van der Waals surface area contributed by atoms with Gasteiger partial charge >= 0.3 is 0 Å². The van der Waals surface area contributed by atoms with E-state index in [2.05, 4.69) is 16.8 Å². The zero-order valence-corrected chi connectivity index (χ0v) is 16.6. The summed E-state index contributed by atoms with van der Waals surface area (Å²) in [4.78, 5) is 34.0. The van der Waals surface area contributed by atoms with Gasteiger partial charge in [-0.15, -0.1) is 11.3 Å². The van der Waals surface area contributed by atoms with E-state index in [9.17, 15) is 9.59 Å². The Bertz CT molecular complexity index is 1060. The average molecular weight is 401 g/mol. The molecular formula is C19H20N4O2S2. The predicted octanol–water partition coefficient (Wildman–Crippen LogP) is 2.52. The summed E-state index contributed by atoms with van der Waals surface area (Å²) in [6.07, 6.45) is 0.846. The highest BCUT2D eigenvalue weighted by molar-refractivity contribution is 7.99. The van der Waals surface area contributed by atoms with Gasteiger partial charge in [-0.2, -0.15) is 0 Å². The molecule has 1 aromatic carbocycles. The first-order valence-corrected chi connectivity index (χ1v) is 10.6. The second kappa shape index (κ2) is 7.46. The molecule has 1 aliphatic rings. The number of thioether (sulfide) groups is 1. The number of benzene rings is 1. The Morgan fingerprint density at radius 3 is 2.85 bits per heavy atom. The van der Waals surface area contributed by atoms with Gasteiger partial charge in [-0.25, -0.2) is 9.66 Å². The van der Waals surface area contributed by atoms with Crippen molar-refractivity contribution in [3.8, 4) is 0 Å². The van der Waals surface area contributed by atoms with E-state index in [1.165, 1.54) is 16.6 Å². The molecule has 0 fully saturated rings. The van der Waals surface area contributed by atoms with Gasteiger partial charge in [0.2, 0.25) is 0 Å². The van der Waals surface area contributed by atoms with Crippen LogP contribution in [0.1, 0.15) is 27.7 Å². The van der Waals surface area contributed by atoms with E-state index in [1.54, 1.807) is 23.5 Å². The van der Waals surface area contributed by atoms with Crippen LogP contribution in [0.3, 0.4) is 0 Å². The number of rotatable bonds is 5. The maximum Gasteiger partial charge on any atom is 0.281 e. The molecular weight excluding hydrogens is 380 g/mol. The normalized spacial score (nSPS) is 14.4. The number of Topliss-reactive ketones (excluding diaryl/α,β-unsaturated/α-hetero) is 1. The fourth-order valence-electron chi connectivity index (χ4n) is 3.30. The van der Waals surface area contributed by atoms with Crippen LogP contribution in [-0.4, -0.2) is 39.2 Å². The molecule has 3 heterocycles. The van der Waals surface area contributed by atoms with Crippen LogP contribution in [0.4, 0.5) is 0 Å². The summed E-state index contributed by atoms with van der Waals surface area (Å²) >= 11 is 2.77. The molecule has 3 aromatic rings. The maximum atomic E-state index is 12.8. The summed E-state index contributed by atoms with van der Waals surface area (Å²) in [6.45, 7) is 4.93. The molecule has 0 saturated carbocycles. The summed E-state index contributed by atoms with van der Waals surface area (Å²) < 4.78 is 1.09. The minimum absolute atomic E-state index is 0.0148. The number of carbonyl (C=O) groups excluding carboxylic acids is 1. The van der Waals surface area contributed by atoms with Gasteiger partial charge in [0.15, 0.2) is 10.9 Å². The fourth-order valence-corrected chi connectivity index (χ4v) is 5.41.